The molecule has 0 radical (unpaired) electrons. The minimum absolute atomic E-state index is 0.170. The number of H-pyrrole nitrogens is 1. The van der Waals surface area contributed by atoms with Crippen LogP contribution in [0.15, 0.2) is 42.7 Å². The first-order valence-electron chi connectivity index (χ1n) is 10.7. The van der Waals surface area contributed by atoms with Crippen LogP contribution in [0.5, 0.6) is 0 Å². The highest BCUT2D eigenvalue weighted by atomic mass is 32.1. The van der Waals surface area contributed by atoms with Crippen molar-refractivity contribution in [3.63, 3.8) is 0 Å². The maximum absolute atomic E-state index is 15.0. The number of aryl methyl sites for hydroxylation is 1. The quantitative estimate of drug-likeness (QED) is 0.420. The first-order chi connectivity index (χ1) is 16.1. The second-order valence-corrected chi connectivity index (χ2v) is 9.14. The number of rotatable bonds is 3. The van der Waals surface area contributed by atoms with Gasteiger partial charge < -0.3 is 20.5 Å². The number of nitrogens with two attached hydrogens (primary N) is 1. The van der Waals surface area contributed by atoms with Crippen molar-refractivity contribution in [1.29, 1.82) is 0 Å². The van der Waals surface area contributed by atoms with E-state index in [0.717, 1.165) is 18.8 Å². The summed E-state index contributed by atoms with van der Waals surface area (Å²) in [5, 5.41) is 2.48. The molecular formula is C23H21FN8S. The molecule has 3 N–H and O–H groups in total. The summed E-state index contributed by atoms with van der Waals surface area (Å²) in [4.78, 5) is 25.0. The topological polar surface area (TPSA) is 99.8 Å². The standard InChI is InChI=1S/C23H21FN8S/c1-13-11-26-22-19(28-13)15(12-27-22)21-29-20(25)18(24)23(30-21)32-8-6-31(7-9-32)17-10-14-4-2-3-5-16(14)33-17/h2-5,10-12H,6-9H2,1H3,(H,26,27)(H2,25,29,30). The third-order valence-corrected chi connectivity index (χ3v) is 7.08. The molecule has 6 rings (SSSR count). The molecule has 0 atom stereocenters. The summed E-state index contributed by atoms with van der Waals surface area (Å²) >= 11 is 1.78. The fraction of sp³-hybridized carbons (Fsp3) is 0.217. The van der Waals surface area contributed by atoms with Gasteiger partial charge in [-0.2, -0.15) is 4.39 Å². The molecule has 1 aliphatic heterocycles. The Hall–Kier alpha value is -3.79. The number of aromatic amines is 1. The number of halogens is 1. The van der Waals surface area contributed by atoms with Crippen LogP contribution in [0.3, 0.4) is 0 Å². The maximum Gasteiger partial charge on any atom is 0.207 e. The average molecular weight is 461 g/mol. The Kier molecular flexibility index (Phi) is 4.61. The minimum Gasteiger partial charge on any atom is -0.381 e. The first-order valence-corrected chi connectivity index (χ1v) is 11.5. The number of thiophene rings is 1. The van der Waals surface area contributed by atoms with Gasteiger partial charge in [0.15, 0.2) is 23.1 Å². The molecule has 1 fully saturated rings. The molecule has 166 valence electrons. The molecule has 0 amide bonds. The number of fused-ring (bicyclic) bond motifs is 2. The Labute approximate surface area is 192 Å². The van der Waals surface area contributed by atoms with Gasteiger partial charge in [0.1, 0.15) is 5.52 Å². The van der Waals surface area contributed by atoms with Crippen LogP contribution in [0.1, 0.15) is 5.69 Å². The number of nitrogens with one attached hydrogen (secondary N) is 1. The third kappa shape index (κ3) is 3.43. The van der Waals surface area contributed by atoms with Gasteiger partial charge in [-0.25, -0.2) is 19.9 Å². The van der Waals surface area contributed by atoms with Crippen LogP contribution < -0.4 is 15.5 Å². The SMILES string of the molecule is Cc1cnc2[nH]cc(-c3nc(N)c(F)c(N4CCN(c5cc6ccccc6s5)CC4)n3)c2n1. The zero-order chi connectivity index (χ0) is 22.5. The number of nitrogen functional groups attached to an aromatic ring is 1. The van der Waals surface area contributed by atoms with Gasteiger partial charge in [0, 0.05) is 37.1 Å². The lowest BCUT2D eigenvalue weighted by Crippen LogP contribution is -2.47. The highest BCUT2D eigenvalue weighted by molar-refractivity contribution is 7.22. The van der Waals surface area contributed by atoms with E-state index in [9.17, 15) is 0 Å². The normalized spacial score (nSPS) is 14.5. The van der Waals surface area contributed by atoms with Crippen LogP contribution >= 0.6 is 11.3 Å². The van der Waals surface area contributed by atoms with Crippen molar-refractivity contribution in [3.05, 3.63) is 54.2 Å². The predicted molar refractivity (Wildman–Crippen MR) is 130 cm³/mol. The molecule has 0 unspecified atom stereocenters. The van der Waals surface area contributed by atoms with E-state index in [1.807, 2.05) is 11.8 Å². The molecule has 0 saturated carbocycles. The van der Waals surface area contributed by atoms with E-state index in [2.05, 4.69) is 60.2 Å². The lowest BCUT2D eigenvalue weighted by molar-refractivity contribution is 0.588. The fourth-order valence-electron chi connectivity index (χ4n) is 4.19. The molecule has 0 bridgehead atoms. The van der Waals surface area contributed by atoms with Gasteiger partial charge in [0.2, 0.25) is 5.82 Å². The maximum atomic E-state index is 15.0. The van der Waals surface area contributed by atoms with Gasteiger partial charge >= 0.3 is 0 Å². The summed E-state index contributed by atoms with van der Waals surface area (Å²) < 4.78 is 16.3. The highest BCUT2D eigenvalue weighted by Crippen LogP contribution is 2.34. The van der Waals surface area contributed by atoms with Crippen LogP contribution in [0.25, 0.3) is 32.6 Å². The molecule has 1 aromatic carbocycles. The van der Waals surface area contributed by atoms with Crippen molar-refractivity contribution in [2.45, 2.75) is 6.92 Å². The fourth-order valence-corrected chi connectivity index (χ4v) is 5.31. The lowest BCUT2D eigenvalue weighted by atomic mass is 10.2. The van der Waals surface area contributed by atoms with Gasteiger partial charge in [0.25, 0.3) is 0 Å². The van der Waals surface area contributed by atoms with Crippen LogP contribution in [0.2, 0.25) is 0 Å². The molecule has 4 aromatic heterocycles. The molecule has 33 heavy (non-hydrogen) atoms. The summed E-state index contributed by atoms with van der Waals surface area (Å²) in [6, 6.07) is 10.6. The van der Waals surface area contributed by atoms with E-state index in [0.29, 0.717) is 35.6 Å². The number of aromatic nitrogens is 5. The van der Waals surface area contributed by atoms with Crippen LogP contribution in [0.4, 0.5) is 21.0 Å². The van der Waals surface area contributed by atoms with Crippen LogP contribution in [-0.2, 0) is 0 Å². The number of hydrogen-bond acceptors (Lipinski definition) is 8. The lowest BCUT2D eigenvalue weighted by Gasteiger charge is -2.36. The Morgan fingerprint density at radius 2 is 1.85 bits per heavy atom. The number of nitrogens with zero attached hydrogens (tertiary/aromatic N) is 6. The Morgan fingerprint density at radius 1 is 1.06 bits per heavy atom. The Morgan fingerprint density at radius 3 is 2.67 bits per heavy atom. The molecule has 0 spiro atoms. The summed E-state index contributed by atoms with van der Waals surface area (Å²) in [6.45, 7) is 4.67. The number of anilines is 3. The number of hydrogen-bond donors (Lipinski definition) is 2. The summed E-state index contributed by atoms with van der Waals surface area (Å²) in [5.41, 5.74) is 8.65. The van der Waals surface area contributed by atoms with Crippen molar-refractivity contribution in [3.8, 4) is 11.4 Å². The van der Waals surface area contributed by atoms with Crippen molar-refractivity contribution >= 4 is 49.2 Å². The second-order valence-electron chi connectivity index (χ2n) is 8.08. The zero-order valence-electron chi connectivity index (χ0n) is 17.9. The van der Waals surface area contributed by atoms with Gasteiger partial charge in [-0.05, 0) is 24.4 Å². The van der Waals surface area contributed by atoms with Crippen LogP contribution in [-0.4, -0.2) is 51.1 Å². The highest BCUT2D eigenvalue weighted by Gasteiger charge is 2.25. The van der Waals surface area contributed by atoms with E-state index in [-0.39, 0.29) is 11.6 Å². The summed E-state index contributed by atoms with van der Waals surface area (Å²) in [6.07, 6.45) is 3.42. The molecule has 5 aromatic rings. The van der Waals surface area contributed by atoms with E-state index < -0.39 is 5.82 Å². The predicted octanol–water partition coefficient (Wildman–Crippen LogP) is 3.99. The molecule has 8 nitrogen and oxygen atoms in total. The van der Waals surface area contributed by atoms with Gasteiger partial charge in [-0.3, -0.25) is 0 Å². The summed E-state index contributed by atoms with van der Waals surface area (Å²) in [5.74, 6) is -0.196. The van der Waals surface area contributed by atoms with Crippen molar-refractivity contribution in [2.75, 3.05) is 41.7 Å². The van der Waals surface area contributed by atoms with E-state index >= 15 is 4.39 Å². The van der Waals surface area contributed by atoms with Crippen LogP contribution in [0, 0.1) is 12.7 Å². The van der Waals surface area contributed by atoms with Crippen molar-refractivity contribution < 1.29 is 4.39 Å². The van der Waals surface area contributed by atoms with E-state index in [1.54, 1.807) is 23.7 Å². The Bertz CT molecular complexity index is 1450. The van der Waals surface area contributed by atoms with Crippen molar-refractivity contribution in [2.24, 2.45) is 0 Å². The average Bonchev–Trinajstić information content (AvgIpc) is 3.45. The number of benzene rings is 1. The number of piperazine rings is 1. The van der Waals surface area contributed by atoms with E-state index in [4.69, 9.17) is 5.73 Å². The molecule has 10 heteroatoms. The monoisotopic (exact) mass is 460 g/mol. The molecule has 5 heterocycles. The first kappa shape index (κ1) is 19.9. The molecular weight excluding hydrogens is 439 g/mol. The van der Waals surface area contributed by atoms with Gasteiger partial charge in [-0.1, -0.05) is 18.2 Å². The molecule has 1 saturated heterocycles. The molecule has 0 aliphatic carbocycles. The second kappa shape index (κ2) is 7.66. The third-order valence-electron chi connectivity index (χ3n) is 5.90. The molecule has 1 aliphatic rings. The minimum atomic E-state index is -0.587. The largest absolute Gasteiger partial charge is 0.381 e. The van der Waals surface area contributed by atoms with Gasteiger partial charge in [0.05, 0.1) is 22.5 Å². The van der Waals surface area contributed by atoms with Gasteiger partial charge in [-0.15, -0.1) is 11.3 Å². The Balaban J connectivity index is 1.29. The smallest absolute Gasteiger partial charge is 0.207 e. The zero-order valence-corrected chi connectivity index (χ0v) is 18.7. The van der Waals surface area contributed by atoms with E-state index in [1.165, 1.54) is 15.1 Å². The summed E-state index contributed by atoms with van der Waals surface area (Å²) in [7, 11) is 0. The van der Waals surface area contributed by atoms with Crippen molar-refractivity contribution in [1.82, 2.24) is 24.9 Å².